The van der Waals surface area contributed by atoms with Crippen molar-refractivity contribution >= 4 is 44.7 Å². The fraction of sp³-hybridized carbons (Fsp3) is 0. The van der Waals surface area contributed by atoms with Crippen molar-refractivity contribution in [3.05, 3.63) is 42.7 Å². The number of benzene rings is 1. The van der Waals surface area contributed by atoms with Gasteiger partial charge in [-0.2, -0.15) is 0 Å². The zero-order chi connectivity index (χ0) is 9.54. The van der Waals surface area contributed by atoms with E-state index >= 15 is 0 Å². The Kier molecular flexibility index (Phi) is 1.73. The molecular weight excluding hydrogens is 287 g/mol. The average molecular weight is 294 g/mol. The highest BCUT2D eigenvalue weighted by atomic mass is 127. The molecule has 2 aromatic heterocycles. The first-order valence-corrected chi connectivity index (χ1v) is 5.34. The van der Waals surface area contributed by atoms with Crippen molar-refractivity contribution in [3.63, 3.8) is 0 Å². The number of fused-ring (bicyclic) bond motifs is 3. The molecule has 3 rings (SSSR count). The molecule has 0 atom stereocenters. The Morgan fingerprint density at radius 2 is 1.79 bits per heavy atom. The van der Waals surface area contributed by atoms with Crippen molar-refractivity contribution in [3.8, 4) is 0 Å². The largest absolute Gasteiger partial charge is 0.280 e. The highest BCUT2D eigenvalue weighted by Gasteiger charge is 2.06. The fourth-order valence-corrected chi connectivity index (χ4v) is 2.58. The van der Waals surface area contributed by atoms with Crippen LogP contribution in [0.5, 0.6) is 0 Å². The number of hydrogen-bond donors (Lipinski definition) is 0. The van der Waals surface area contributed by atoms with Gasteiger partial charge in [-0.15, -0.1) is 0 Å². The van der Waals surface area contributed by atoms with Gasteiger partial charge in [0.1, 0.15) is 0 Å². The molecule has 0 aliphatic rings. The summed E-state index contributed by atoms with van der Waals surface area (Å²) in [6.07, 6.45) is 3.74. The second-order valence-corrected chi connectivity index (χ2v) is 4.16. The van der Waals surface area contributed by atoms with Crippen molar-refractivity contribution in [1.82, 2.24) is 7.76 Å². The minimum atomic E-state index is 1.18. The van der Waals surface area contributed by atoms with Gasteiger partial charge in [0.05, 0.1) is 40.1 Å². The average Bonchev–Trinajstić information content (AvgIpc) is 2.55. The Labute approximate surface area is 95.1 Å². The summed E-state index contributed by atoms with van der Waals surface area (Å²) in [7, 11) is 0. The molecule has 3 aromatic rings. The summed E-state index contributed by atoms with van der Waals surface area (Å²) in [5.74, 6) is 0. The molecule has 68 valence electrons. The lowest BCUT2D eigenvalue weighted by Gasteiger charge is -1.92. The van der Waals surface area contributed by atoms with Gasteiger partial charge in [-0.25, -0.2) is 0 Å². The molecule has 1 aromatic carbocycles. The van der Waals surface area contributed by atoms with E-state index in [1.165, 1.54) is 21.8 Å². The monoisotopic (exact) mass is 294 g/mol. The number of rotatable bonds is 0. The maximum absolute atomic E-state index is 4.14. The maximum atomic E-state index is 4.14. The van der Waals surface area contributed by atoms with E-state index in [0.29, 0.717) is 0 Å². The molecule has 14 heavy (non-hydrogen) atoms. The molecular formula is C11H7IN2. The third kappa shape index (κ3) is 0.987. The summed E-state index contributed by atoms with van der Waals surface area (Å²) in [4.78, 5) is 4.14. The highest BCUT2D eigenvalue weighted by molar-refractivity contribution is 14.1. The molecule has 0 saturated heterocycles. The molecule has 0 unspecified atom stereocenters. The fourth-order valence-electron chi connectivity index (χ4n) is 1.77. The first-order chi connectivity index (χ1) is 6.88. The van der Waals surface area contributed by atoms with E-state index in [9.17, 15) is 0 Å². The van der Waals surface area contributed by atoms with Crippen LogP contribution in [0.4, 0.5) is 0 Å². The quantitative estimate of drug-likeness (QED) is 0.581. The molecule has 2 heterocycles. The number of para-hydroxylation sites is 1. The van der Waals surface area contributed by atoms with Crippen molar-refractivity contribution in [2.24, 2.45) is 0 Å². The van der Waals surface area contributed by atoms with Crippen LogP contribution in [0.25, 0.3) is 21.8 Å². The predicted molar refractivity (Wildman–Crippen MR) is 66.7 cm³/mol. The van der Waals surface area contributed by atoms with Gasteiger partial charge in [0.2, 0.25) is 0 Å². The van der Waals surface area contributed by atoms with Crippen LogP contribution in [-0.4, -0.2) is 7.76 Å². The van der Waals surface area contributed by atoms with Crippen LogP contribution < -0.4 is 0 Å². The third-order valence-electron chi connectivity index (χ3n) is 2.42. The number of pyridine rings is 1. The molecule has 3 heteroatoms. The SMILES string of the molecule is In1c2ccccc2c2ccncc21. The minimum Gasteiger partial charge on any atom is -0.280 e. The first-order valence-electron chi connectivity index (χ1n) is 4.37. The number of halogens is 1. The van der Waals surface area contributed by atoms with Gasteiger partial charge in [-0.05, 0) is 12.1 Å². The topological polar surface area (TPSA) is 17.8 Å². The molecule has 0 spiro atoms. The van der Waals surface area contributed by atoms with E-state index < -0.39 is 0 Å². The van der Waals surface area contributed by atoms with Crippen molar-refractivity contribution in [1.29, 1.82) is 0 Å². The Balaban J connectivity index is 2.69. The first kappa shape index (κ1) is 8.23. The van der Waals surface area contributed by atoms with E-state index in [4.69, 9.17) is 0 Å². The molecule has 2 nitrogen and oxygen atoms in total. The zero-order valence-electron chi connectivity index (χ0n) is 7.31. The van der Waals surface area contributed by atoms with Crippen LogP contribution in [0.2, 0.25) is 0 Å². The van der Waals surface area contributed by atoms with Gasteiger partial charge < -0.3 is 0 Å². The Hall–Kier alpha value is -1.10. The van der Waals surface area contributed by atoms with Crippen molar-refractivity contribution < 1.29 is 0 Å². The van der Waals surface area contributed by atoms with Gasteiger partial charge in [0, 0.05) is 17.0 Å². The summed E-state index contributed by atoms with van der Waals surface area (Å²) in [5, 5.41) is 2.56. The lowest BCUT2D eigenvalue weighted by molar-refractivity contribution is 1.34. The highest BCUT2D eigenvalue weighted by Crippen LogP contribution is 2.29. The Bertz CT molecular complexity index is 560. The van der Waals surface area contributed by atoms with Crippen LogP contribution in [-0.2, 0) is 0 Å². The number of hydrogen-bond acceptors (Lipinski definition) is 1. The van der Waals surface area contributed by atoms with Crippen molar-refractivity contribution in [2.45, 2.75) is 0 Å². The van der Waals surface area contributed by atoms with Crippen LogP contribution in [0, 0.1) is 0 Å². The van der Waals surface area contributed by atoms with Gasteiger partial charge in [0.25, 0.3) is 0 Å². The number of aromatic nitrogens is 2. The van der Waals surface area contributed by atoms with Gasteiger partial charge in [-0.1, -0.05) is 18.2 Å². The second-order valence-electron chi connectivity index (χ2n) is 3.19. The third-order valence-corrected chi connectivity index (χ3v) is 3.46. The molecule has 0 radical (unpaired) electrons. The lowest BCUT2D eigenvalue weighted by atomic mass is 10.2. The van der Waals surface area contributed by atoms with Crippen LogP contribution >= 0.6 is 22.9 Å². The number of nitrogens with zero attached hydrogens (tertiary/aromatic N) is 2. The van der Waals surface area contributed by atoms with Gasteiger partial charge in [-0.3, -0.25) is 7.76 Å². The van der Waals surface area contributed by atoms with E-state index in [1.54, 1.807) is 0 Å². The molecule has 0 aliphatic carbocycles. The van der Waals surface area contributed by atoms with Crippen LogP contribution in [0.3, 0.4) is 0 Å². The zero-order valence-corrected chi connectivity index (χ0v) is 9.47. The van der Waals surface area contributed by atoms with Crippen LogP contribution in [0.15, 0.2) is 42.7 Å². The molecule has 0 aliphatic heterocycles. The summed E-state index contributed by atoms with van der Waals surface area (Å²) >= 11 is 2.31. The predicted octanol–water partition coefficient (Wildman–Crippen LogP) is 3.39. The Morgan fingerprint density at radius 3 is 2.71 bits per heavy atom. The molecule has 0 saturated carbocycles. The smallest absolute Gasteiger partial charge is 0.0773 e. The van der Waals surface area contributed by atoms with Crippen LogP contribution in [0.1, 0.15) is 0 Å². The second kappa shape index (κ2) is 2.95. The lowest BCUT2D eigenvalue weighted by Crippen LogP contribution is -1.77. The van der Waals surface area contributed by atoms with E-state index in [0.717, 1.165) is 0 Å². The van der Waals surface area contributed by atoms with E-state index in [-0.39, 0.29) is 0 Å². The summed E-state index contributed by atoms with van der Waals surface area (Å²) in [5.41, 5.74) is 2.42. The molecule has 0 N–H and O–H groups in total. The van der Waals surface area contributed by atoms with E-state index in [2.05, 4.69) is 61.0 Å². The molecule has 0 bridgehead atoms. The Morgan fingerprint density at radius 1 is 1.00 bits per heavy atom. The van der Waals surface area contributed by atoms with E-state index in [1.807, 2.05) is 12.4 Å². The van der Waals surface area contributed by atoms with Crippen molar-refractivity contribution in [2.75, 3.05) is 0 Å². The minimum absolute atomic E-state index is 1.18. The van der Waals surface area contributed by atoms with Gasteiger partial charge >= 0.3 is 0 Å². The molecule has 0 amide bonds. The standard InChI is InChI=1S/C11H7IN2/c12-14-10-4-2-1-3-8(10)9-5-6-13-7-11(9)14/h1-7H. The summed E-state index contributed by atoms with van der Waals surface area (Å²) in [6.45, 7) is 0. The van der Waals surface area contributed by atoms with Gasteiger partial charge in [0.15, 0.2) is 0 Å². The summed E-state index contributed by atoms with van der Waals surface area (Å²) in [6, 6.07) is 10.5. The summed E-state index contributed by atoms with van der Waals surface area (Å²) < 4.78 is 2.15. The molecule has 0 fully saturated rings. The maximum Gasteiger partial charge on any atom is 0.0773 e. The normalized spacial score (nSPS) is 11.2.